The maximum atomic E-state index is 12.4. The number of nitrogens with zero attached hydrogens (tertiary/aromatic N) is 2. The molecule has 0 spiro atoms. The Morgan fingerprint density at radius 1 is 1.00 bits per heavy atom. The third kappa shape index (κ3) is 4.60. The Morgan fingerprint density at radius 2 is 1.64 bits per heavy atom. The molecular formula is C18H24N2O4S. The predicted octanol–water partition coefficient (Wildman–Crippen LogP) is 0.725. The predicted molar refractivity (Wildman–Crippen MR) is 94.7 cm³/mol. The van der Waals surface area contributed by atoms with Gasteiger partial charge >= 0.3 is 0 Å². The van der Waals surface area contributed by atoms with Gasteiger partial charge in [0.1, 0.15) is 0 Å². The van der Waals surface area contributed by atoms with Crippen molar-refractivity contribution in [2.45, 2.75) is 19.3 Å². The van der Waals surface area contributed by atoms with Gasteiger partial charge in [-0.15, -0.1) is 0 Å². The molecule has 2 amide bonds. The summed E-state index contributed by atoms with van der Waals surface area (Å²) >= 11 is 0. The number of piperazine rings is 1. The molecule has 1 aromatic rings. The number of sulfone groups is 1. The summed E-state index contributed by atoms with van der Waals surface area (Å²) in [7, 11) is -3.05. The highest BCUT2D eigenvalue weighted by Gasteiger charge is 2.36. The molecule has 1 aromatic carbocycles. The Hall–Kier alpha value is -1.89. The van der Waals surface area contributed by atoms with Crippen molar-refractivity contribution in [2.24, 2.45) is 5.92 Å². The zero-order valence-electron chi connectivity index (χ0n) is 14.3. The van der Waals surface area contributed by atoms with Crippen molar-refractivity contribution < 1.29 is 18.0 Å². The van der Waals surface area contributed by atoms with Gasteiger partial charge in [0.2, 0.25) is 11.8 Å². The summed E-state index contributed by atoms with van der Waals surface area (Å²) in [4.78, 5) is 28.3. The number of carbonyl (C=O) groups excluding carboxylic acids is 2. The van der Waals surface area contributed by atoms with Gasteiger partial charge in [0.15, 0.2) is 9.84 Å². The summed E-state index contributed by atoms with van der Waals surface area (Å²) in [6.45, 7) is 2.04. The van der Waals surface area contributed by atoms with Crippen LogP contribution in [0, 0.1) is 5.92 Å². The van der Waals surface area contributed by atoms with Crippen molar-refractivity contribution in [1.82, 2.24) is 9.80 Å². The van der Waals surface area contributed by atoms with Crippen LogP contribution in [0.15, 0.2) is 30.3 Å². The first-order valence-corrected chi connectivity index (χ1v) is 10.6. The molecule has 0 saturated carbocycles. The molecule has 2 fully saturated rings. The van der Waals surface area contributed by atoms with E-state index in [1.54, 1.807) is 9.80 Å². The number of amides is 2. The molecule has 0 bridgehead atoms. The first-order chi connectivity index (χ1) is 11.9. The number of benzene rings is 1. The van der Waals surface area contributed by atoms with Crippen LogP contribution in [0.2, 0.25) is 0 Å². The Morgan fingerprint density at radius 3 is 2.24 bits per heavy atom. The Balaban J connectivity index is 1.45. The van der Waals surface area contributed by atoms with Crippen LogP contribution in [0.5, 0.6) is 0 Å². The summed E-state index contributed by atoms with van der Waals surface area (Å²) in [6.07, 6.45) is 1.62. The van der Waals surface area contributed by atoms with Gasteiger partial charge in [0.25, 0.3) is 0 Å². The highest BCUT2D eigenvalue weighted by Crippen LogP contribution is 2.21. The quantitative estimate of drug-likeness (QED) is 0.789. The van der Waals surface area contributed by atoms with Gasteiger partial charge in [0.05, 0.1) is 17.4 Å². The molecule has 2 aliphatic rings. The van der Waals surface area contributed by atoms with E-state index in [1.807, 2.05) is 30.3 Å². The van der Waals surface area contributed by atoms with Gasteiger partial charge in [-0.05, 0) is 18.4 Å². The molecule has 0 radical (unpaired) electrons. The Bertz CT molecular complexity index is 725. The minimum atomic E-state index is -3.05. The van der Waals surface area contributed by atoms with Crippen molar-refractivity contribution in [3.8, 4) is 0 Å². The van der Waals surface area contributed by atoms with E-state index in [1.165, 1.54) is 0 Å². The van der Waals surface area contributed by atoms with E-state index in [2.05, 4.69) is 0 Å². The summed E-state index contributed by atoms with van der Waals surface area (Å²) < 4.78 is 23.1. The lowest BCUT2D eigenvalue weighted by atomic mass is 10.1. The fourth-order valence-electron chi connectivity index (χ4n) is 3.48. The smallest absolute Gasteiger partial charge is 0.226 e. The minimum Gasteiger partial charge on any atom is -0.339 e. The molecule has 7 heteroatoms. The molecule has 136 valence electrons. The molecule has 6 nitrogen and oxygen atoms in total. The molecule has 2 saturated heterocycles. The fraction of sp³-hybridized carbons (Fsp3) is 0.556. The van der Waals surface area contributed by atoms with Crippen molar-refractivity contribution >= 4 is 21.7 Å². The second-order valence-electron chi connectivity index (χ2n) is 6.79. The molecule has 0 aromatic heterocycles. The summed E-state index contributed by atoms with van der Waals surface area (Å²) in [5.74, 6) is -0.272. The standard InChI is InChI=1S/C18H24N2O4S/c21-17(7-6-15-4-2-1-3-5-15)19-9-11-20(12-10-19)18(22)16-8-13-25(23,24)14-16/h1-5,16H,6-14H2/t16-/m0/s1. The third-order valence-electron chi connectivity index (χ3n) is 5.00. The van der Waals surface area contributed by atoms with Crippen molar-refractivity contribution in [1.29, 1.82) is 0 Å². The van der Waals surface area contributed by atoms with Crippen LogP contribution < -0.4 is 0 Å². The number of hydrogen-bond donors (Lipinski definition) is 0. The van der Waals surface area contributed by atoms with Crippen molar-refractivity contribution in [3.05, 3.63) is 35.9 Å². The van der Waals surface area contributed by atoms with E-state index in [0.29, 0.717) is 39.0 Å². The zero-order chi connectivity index (χ0) is 17.9. The van der Waals surface area contributed by atoms with Crippen molar-refractivity contribution in [2.75, 3.05) is 37.7 Å². The molecule has 0 aliphatic carbocycles. The molecule has 0 unspecified atom stereocenters. The molecule has 0 N–H and O–H groups in total. The maximum Gasteiger partial charge on any atom is 0.226 e. The lowest BCUT2D eigenvalue weighted by Gasteiger charge is -2.36. The monoisotopic (exact) mass is 364 g/mol. The van der Waals surface area contributed by atoms with Crippen LogP contribution in [-0.2, 0) is 25.8 Å². The van der Waals surface area contributed by atoms with E-state index in [9.17, 15) is 18.0 Å². The minimum absolute atomic E-state index is 0.0257. The van der Waals surface area contributed by atoms with E-state index in [0.717, 1.165) is 12.0 Å². The first kappa shape index (κ1) is 17.9. The Labute approximate surface area is 148 Å². The molecular weight excluding hydrogens is 340 g/mol. The molecule has 2 aliphatic heterocycles. The second kappa shape index (κ2) is 7.56. The van der Waals surface area contributed by atoms with Crippen LogP contribution in [0.25, 0.3) is 0 Å². The second-order valence-corrected chi connectivity index (χ2v) is 9.02. The van der Waals surface area contributed by atoms with E-state index >= 15 is 0 Å². The highest BCUT2D eigenvalue weighted by molar-refractivity contribution is 7.91. The topological polar surface area (TPSA) is 74.8 Å². The van der Waals surface area contributed by atoms with Crippen LogP contribution in [0.1, 0.15) is 18.4 Å². The molecule has 2 heterocycles. The lowest BCUT2D eigenvalue weighted by Crippen LogP contribution is -2.52. The maximum absolute atomic E-state index is 12.4. The lowest BCUT2D eigenvalue weighted by molar-refractivity contribution is -0.141. The van der Waals surface area contributed by atoms with Gasteiger partial charge in [-0.3, -0.25) is 9.59 Å². The average Bonchev–Trinajstić information content (AvgIpc) is 3.00. The molecule has 25 heavy (non-hydrogen) atoms. The van der Waals surface area contributed by atoms with Gasteiger partial charge in [-0.25, -0.2) is 8.42 Å². The average molecular weight is 364 g/mol. The molecule has 3 rings (SSSR count). The van der Waals surface area contributed by atoms with E-state index < -0.39 is 15.8 Å². The Kier molecular flexibility index (Phi) is 5.42. The number of hydrogen-bond acceptors (Lipinski definition) is 4. The van der Waals surface area contributed by atoms with Crippen LogP contribution in [0.4, 0.5) is 0 Å². The largest absolute Gasteiger partial charge is 0.339 e. The zero-order valence-corrected chi connectivity index (χ0v) is 15.1. The molecule has 1 atom stereocenters. The summed E-state index contributed by atoms with van der Waals surface area (Å²) in [5.41, 5.74) is 1.15. The number of carbonyl (C=O) groups is 2. The van der Waals surface area contributed by atoms with Crippen LogP contribution in [-0.4, -0.2) is 67.7 Å². The first-order valence-electron chi connectivity index (χ1n) is 8.75. The highest BCUT2D eigenvalue weighted by atomic mass is 32.2. The SMILES string of the molecule is O=C(CCc1ccccc1)N1CCN(C(=O)[C@H]2CCS(=O)(=O)C2)CC1. The van der Waals surface area contributed by atoms with E-state index in [4.69, 9.17) is 0 Å². The van der Waals surface area contributed by atoms with E-state index in [-0.39, 0.29) is 23.3 Å². The summed E-state index contributed by atoms with van der Waals surface area (Å²) in [5, 5.41) is 0. The van der Waals surface area contributed by atoms with Crippen LogP contribution >= 0.6 is 0 Å². The number of rotatable bonds is 4. The number of aryl methyl sites for hydroxylation is 1. The van der Waals surface area contributed by atoms with Crippen molar-refractivity contribution in [3.63, 3.8) is 0 Å². The van der Waals surface area contributed by atoms with Gasteiger partial charge in [0, 0.05) is 32.6 Å². The fourth-order valence-corrected chi connectivity index (χ4v) is 5.21. The van der Waals surface area contributed by atoms with Crippen LogP contribution in [0.3, 0.4) is 0 Å². The normalized spacial score (nSPS) is 22.8. The van der Waals surface area contributed by atoms with Gasteiger partial charge in [-0.1, -0.05) is 30.3 Å². The third-order valence-corrected chi connectivity index (χ3v) is 6.76. The van der Waals surface area contributed by atoms with Gasteiger partial charge < -0.3 is 9.80 Å². The summed E-state index contributed by atoms with van der Waals surface area (Å²) in [6, 6.07) is 9.91. The van der Waals surface area contributed by atoms with Gasteiger partial charge in [-0.2, -0.15) is 0 Å².